The second-order valence-electron chi connectivity index (χ2n) is 23.3. The van der Waals surface area contributed by atoms with Crippen molar-refractivity contribution >= 4 is 116 Å². The number of primary amides is 2. The number of fused-ring (bicyclic) bond motifs is 2. The van der Waals surface area contributed by atoms with Crippen LogP contribution in [0.5, 0.6) is 0 Å². The third-order valence-electron chi connectivity index (χ3n) is 16.4. The number of hydrogen-bond acceptors (Lipinski definition) is 17. The van der Waals surface area contributed by atoms with Crippen LogP contribution < -0.4 is 141 Å². The first-order valence-corrected chi connectivity index (χ1v) is 32.7. The van der Waals surface area contributed by atoms with Crippen LogP contribution in [-0.4, -0.2) is 156 Å². The van der Waals surface area contributed by atoms with Gasteiger partial charge in [-0.25, -0.2) is 13.2 Å². The van der Waals surface area contributed by atoms with Crippen molar-refractivity contribution in [1.29, 1.82) is 0 Å². The van der Waals surface area contributed by atoms with E-state index in [1.54, 1.807) is 78.9 Å². The van der Waals surface area contributed by atoms with Crippen LogP contribution in [0.2, 0.25) is 15.1 Å². The number of hydrogen-bond donors (Lipinski definition) is 7. The minimum Gasteiger partial charge on any atom is -1.00 e. The summed E-state index contributed by atoms with van der Waals surface area (Å²) in [7, 11) is 0. The molecular formula is C69H88Cl4F3K2N11O14. The van der Waals surface area contributed by atoms with Crippen LogP contribution in [0.25, 0.3) is 21.8 Å². The van der Waals surface area contributed by atoms with E-state index >= 15 is 0 Å². The Morgan fingerprint density at radius 1 is 0.650 bits per heavy atom. The first-order chi connectivity index (χ1) is 47.3. The molecule has 0 atom stereocenters. The number of rotatable bonds is 27. The van der Waals surface area contributed by atoms with E-state index in [-0.39, 0.29) is 238 Å². The number of aryl methyl sites for hydroxylation is 1. The van der Waals surface area contributed by atoms with E-state index in [9.17, 15) is 46.7 Å². The summed E-state index contributed by atoms with van der Waals surface area (Å²) in [5.74, 6) is -5.00. The number of para-hydroxylation sites is 2. The van der Waals surface area contributed by atoms with Crippen LogP contribution in [0.1, 0.15) is 100 Å². The minimum atomic E-state index is -1.02. The molecule has 10 N–H and O–H groups in total. The van der Waals surface area contributed by atoms with Crippen molar-refractivity contribution in [3.8, 4) is 0 Å². The van der Waals surface area contributed by atoms with Gasteiger partial charge < -0.3 is 68.9 Å². The third-order valence-corrected chi connectivity index (χ3v) is 17.6. The molecule has 3 saturated heterocycles. The van der Waals surface area contributed by atoms with Gasteiger partial charge in [-0.15, -0.1) is 11.6 Å². The Balaban J connectivity index is 0.00000134. The molecule has 3 aliphatic heterocycles. The van der Waals surface area contributed by atoms with Crippen LogP contribution in [0.4, 0.5) is 13.2 Å². The fourth-order valence-corrected chi connectivity index (χ4v) is 10.6. The summed E-state index contributed by atoms with van der Waals surface area (Å²) < 4.78 is 59.4. The van der Waals surface area contributed by atoms with Gasteiger partial charge in [-0.2, -0.15) is 10.2 Å². The Labute approximate surface area is 702 Å². The molecule has 7 aromatic rings. The number of carbonyl (C=O) groups excluding carboxylic acids is 7. The van der Waals surface area contributed by atoms with Gasteiger partial charge in [0.2, 0.25) is 17.7 Å². The van der Waals surface area contributed by atoms with Crippen LogP contribution in [-0.2, 0) is 80.5 Å². The number of carboxylic acid groups (broad SMARTS) is 1. The number of aliphatic carboxylic acids is 1. The monoisotopic (exact) mass is 1570 g/mol. The zero-order valence-corrected chi connectivity index (χ0v) is 65.9. The Bertz CT molecular complexity index is 3890. The van der Waals surface area contributed by atoms with E-state index in [2.05, 4.69) is 44.9 Å². The van der Waals surface area contributed by atoms with Gasteiger partial charge in [0.05, 0.1) is 84.7 Å². The Hall–Kier alpha value is -5.02. The van der Waals surface area contributed by atoms with Crippen LogP contribution in [0.15, 0.2) is 103 Å². The zero-order chi connectivity index (χ0) is 72.9. The number of Topliss-reactive ketones (excluding diaryl/α,β-unsaturated/α-hetero) is 1. The summed E-state index contributed by atoms with van der Waals surface area (Å²) in [5.41, 5.74) is 18.8. The number of carbonyl (C=O) groups is 8. The first kappa shape index (κ1) is 96.0. The molecule has 554 valence electrons. The van der Waals surface area contributed by atoms with Gasteiger partial charge >= 0.3 is 109 Å². The van der Waals surface area contributed by atoms with Gasteiger partial charge in [-0.3, -0.25) is 47.7 Å². The van der Waals surface area contributed by atoms with Gasteiger partial charge in [0, 0.05) is 77.3 Å². The number of benzene rings is 5. The Kier molecular flexibility index (Phi) is 45.0. The molecule has 2 aromatic heterocycles. The normalized spacial score (nSPS) is 13.5. The second kappa shape index (κ2) is 48.3. The molecule has 0 bridgehead atoms. The molecule has 0 radical (unpaired) electrons. The molecule has 5 aromatic carbocycles. The summed E-state index contributed by atoms with van der Waals surface area (Å²) in [6.45, 7) is 11.7. The molecule has 25 nitrogen and oxygen atoms in total. The van der Waals surface area contributed by atoms with Gasteiger partial charge in [0.1, 0.15) is 36.3 Å². The van der Waals surface area contributed by atoms with E-state index in [1.807, 2.05) is 6.92 Å². The van der Waals surface area contributed by atoms with Gasteiger partial charge in [-0.1, -0.05) is 143 Å². The summed E-state index contributed by atoms with van der Waals surface area (Å²) in [5, 5.41) is 35.0. The smallest absolute Gasteiger partial charge is 1.00 e. The molecule has 0 aliphatic carbocycles. The number of nitrogens with zero attached hydrogens (tertiary/aromatic N) is 5. The van der Waals surface area contributed by atoms with Crippen LogP contribution in [0.3, 0.4) is 0 Å². The second-order valence-corrected chi connectivity index (χ2v) is 24.8. The van der Waals surface area contributed by atoms with Crippen molar-refractivity contribution in [2.45, 2.75) is 93.9 Å². The largest absolute Gasteiger partial charge is 1.00 e. The maximum Gasteiger partial charge on any atom is 1.00 e. The van der Waals surface area contributed by atoms with E-state index in [0.717, 1.165) is 58.8 Å². The van der Waals surface area contributed by atoms with Crippen LogP contribution >= 0.6 is 46.4 Å². The van der Waals surface area contributed by atoms with Gasteiger partial charge in [-0.05, 0) is 61.6 Å². The first-order valence-electron chi connectivity index (χ1n) is 31.0. The third kappa shape index (κ3) is 29.2. The van der Waals surface area contributed by atoms with Crippen molar-refractivity contribution in [2.75, 3.05) is 78.2 Å². The standard InChI is InChI=1S/C25H27ClFN5O4.C15H20ClFN2O2.C10H9Cl2FO.C10H9N3O3.C6H13NO.CH2O3.2CH4.2K.H/c1-2-25(14-36-15-25)13-31(11-20(33)29-10-16-6-5-8-18(26)22(16)27)21(34)12-32-19-9-4-3-7-17(19)23(30-32)24(28)35;1-2-15(9-21-10-15)8-18-7-13(20)19-6-11-4-3-5-12(16)14(11)17;11-6-8(14)5-4-7-2-1-3-9(12)10(7)13;11-10(16)9-6-3-1-2-4-7(6)13(12-9)5-8(14)15;1-2-6(3-7)4-8-5-6;2-1-4-3;;;;;/h3-9H,2,10-15H2,1H3,(H2,28,35)(H,29,33);3-5,18H,2,6-10H2,1H3,(H,19,20);1-3H,4-6H2;1-4H,5H2,(H2,11,16)(H,14,15);2-5,7H2,1H3;1,3H;2*1H4;;;/q;;;;;;;;2*+1;-1/p-1. The molecule has 3 aliphatic rings. The molecule has 0 saturated carbocycles. The van der Waals surface area contributed by atoms with Crippen molar-refractivity contribution in [1.82, 2.24) is 40.4 Å². The summed E-state index contributed by atoms with van der Waals surface area (Å²) >= 11 is 22.4. The topological polar surface area (TPSA) is 370 Å². The molecule has 34 heteroatoms. The van der Waals surface area contributed by atoms with Crippen LogP contribution in [0, 0.1) is 33.7 Å². The maximum atomic E-state index is 14.2. The summed E-state index contributed by atoms with van der Waals surface area (Å²) in [6, 6.07) is 27.9. The van der Waals surface area contributed by atoms with Crippen molar-refractivity contribution in [3.05, 3.63) is 164 Å². The maximum absolute atomic E-state index is 14.2. The number of amides is 5. The number of nitrogens with one attached hydrogen (secondary N) is 3. The SMILES string of the molecule is C.C.CCC1(CN(CC(=O)NCc2cccc(Cl)c2F)C(=O)Cn2nc(C(N)=O)c3ccccc32)COC1.CCC1(CN)COC1.CCC1(CNCC(=O)NCc2cccc(Cl)c2F)COC1.NC(=O)c1nn(CC(=O)O)c2ccccc12.O=C(CCl)CCc1cccc(Cl)c1F.O=CO[O-].[H-].[K+].[K+]. The zero-order valence-electron chi connectivity index (χ0n) is 57.6. The van der Waals surface area contributed by atoms with Crippen molar-refractivity contribution in [2.24, 2.45) is 33.4 Å². The van der Waals surface area contributed by atoms with E-state index in [4.69, 9.17) is 93.0 Å². The molecular weight excluding hydrogens is 1480 g/mol. The number of ether oxygens (including phenoxy) is 3. The summed E-state index contributed by atoms with van der Waals surface area (Å²) in [6.07, 6.45) is 3.54. The molecule has 5 amide bonds. The average Bonchev–Trinajstić information content (AvgIpc) is 1.62. The van der Waals surface area contributed by atoms with Crippen molar-refractivity contribution < 1.29 is 185 Å². The molecule has 5 heterocycles. The quantitative estimate of drug-likeness (QED) is 0.0128. The Morgan fingerprint density at radius 2 is 1.06 bits per heavy atom. The number of alkyl halides is 1. The van der Waals surface area contributed by atoms with E-state index in [0.29, 0.717) is 64.5 Å². The van der Waals surface area contributed by atoms with E-state index in [1.165, 1.54) is 38.5 Å². The van der Waals surface area contributed by atoms with Crippen molar-refractivity contribution in [3.63, 3.8) is 0 Å². The van der Waals surface area contributed by atoms with Gasteiger partial charge in [0.15, 0.2) is 11.4 Å². The Morgan fingerprint density at radius 3 is 1.43 bits per heavy atom. The average molecular weight is 1570 g/mol. The van der Waals surface area contributed by atoms with Gasteiger partial charge in [0.25, 0.3) is 18.3 Å². The molecule has 0 spiro atoms. The number of ketones is 1. The number of aromatic nitrogens is 4. The number of halogens is 7. The van der Waals surface area contributed by atoms with E-state index < -0.39 is 41.1 Å². The number of nitrogens with two attached hydrogens (primary N) is 3. The summed E-state index contributed by atoms with van der Waals surface area (Å²) in [4.78, 5) is 95.1. The minimum absolute atomic E-state index is 0. The predicted molar refractivity (Wildman–Crippen MR) is 377 cm³/mol. The fourth-order valence-electron chi connectivity index (χ4n) is 9.90. The molecule has 3 fully saturated rings. The molecule has 10 rings (SSSR count). The molecule has 0 unspecified atom stereocenters. The fraction of sp³-hybridized carbons (Fsp3) is 0.420. The number of carboxylic acids is 1. The predicted octanol–water partition coefficient (Wildman–Crippen LogP) is 2.25. The molecule has 103 heavy (non-hydrogen) atoms.